The molecule has 1 nitrogen and oxygen atoms in total. The third-order valence-corrected chi connectivity index (χ3v) is 4.71. The molecule has 0 saturated carbocycles. The van der Waals surface area contributed by atoms with Crippen LogP contribution in [0.3, 0.4) is 0 Å². The van der Waals surface area contributed by atoms with Crippen molar-refractivity contribution in [3.8, 4) is 5.75 Å². The number of hydrogen-bond acceptors (Lipinski definition) is 0. The second kappa shape index (κ2) is 4.47. The lowest BCUT2D eigenvalue weighted by Gasteiger charge is -2.13. The molecule has 0 aromatic heterocycles. The van der Waals surface area contributed by atoms with Crippen LogP contribution in [0.5, 0.6) is 5.75 Å². The van der Waals surface area contributed by atoms with Crippen LogP contribution in [0, 0.1) is 0 Å². The Hall–Kier alpha value is -3.06. The third kappa shape index (κ3) is 1.62. The smallest absolute Gasteiger partial charge is 0.187 e. The van der Waals surface area contributed by atoms with Crippen LogP contribution in [0.4, 0.5) is 0 Å². The van der Waals surface area contributed by atoms with E-state index in [0.29, 0.717) is 0 Å². The highest BCUT2D eigenvalue weighted by Gasteiger charge is 2.13. The molecule has 0 fully saturated rings. The summed E-state index contributed by atoms with van der Waals surface area (Å²) in [6.45, 7) is 0. The van der Waals surface area contributed by atoms with Crippen molar-refractivity contribution in [3.05, 3.63) is 78.9 Å². The zero-order chi connectivity index (χ0) is 15.4. The zero-order valence-corrected chi connectivity index (χ0v) is 12.4. The molecule has 1 heteroatoms. The van der Waals surface area contributed by atoms with Crippen molar-refractivity contribution in [1.29, 1.82) is 0 Å². The van der Waals surface area contributed by atoms with Crippen molar-refractivity contribution < 1.29 is 5.11 Å². The fourth-order valence-corrected chi connectivity index (χ4v) is 3.73. The van der Waals surface area contributed by atoms with Gasteiger partial charge in [-0.05, 0) is 43.8 Å². The van der Waals surface area contributed by atoms with E-state index < -0.39 is 0 Å². The van der Waals surface area contributed by atoms with Crippen LogP contribution < -0.4 is 0 Å². The summed E-state index contributed by atoms with van der Waals surface area (Å²) < 4.78 is 0. The Labute approximate surface area is 133 Å². The average Bonchev–Trinajstić information content (AvgIpc) is 2.62. The van der Waals surface area contributed by atoms with Gasteiger partial charge in [0.25, 0.3) is 0 Å². The van der Waals surface area contributed by atoms with E-state index in [0.717, 1.165) is 21.5 Å². The summed E-state index contributed by atoms with van der Waals surface area (Å²) in [5.41, 5.74) is 0. The van der Waals surface area contributed by atoms with Crippen molar-refractivity contribution in [2.75, 3.05) is 0 Å². The molecular formula is C22H13O. The van der Waals surface area contributed by atoms with Crippen molar-refractivity contribution in [2.24, 2.45) is 0 Å². The first-order valence-corrected chi connectivity index (χ1v) is 7.76. The monoisotopic (exact) mass is 293 g/mol. The predicted molar refractivity (Wildman–Crippen MR) is 96.6 cm³/mol. The molecule has 5 aromatic rings. The summed E-state index contributed by atoms with van der Waals surface area (Å²) in [4.78, 5) is 0. The van der Waals surface area contributed by atoms with Crippen LogP contribution in [0.1, 0.15) is 0 Å². The molecule has 0 saturated heterocycles. The number of fused-ring (bicyclic) bond motifs is 8. The van der Waals surface area contributed by atoms with Crippen LogP contribution in [0.25, 0.3) is 43.1 Å². The van der Waals surface area contributed by atoms with Crippen LogP contribution >= 0.6 is 0 Å². The fourth-order valence-electron chi connectivity index (χ4n) is 3.73. The minimum absolute atomic E-state index is 0.0912. The largest absolute Gasteiger partial charge is 0.289 e. The molecule has 0 unspecified atom stereocenters. The maximum atomic E-state index is 12.6. The highest BCUT2D eigenvalue weighted by Crippen LogP contribution is 2.41. The van der Waals surface area contributed by atoms with Crippen LogP contribution in [-0.2, 0) is 5.11 Å². The van der Waals surface area contributed by atoms with E-state index in [4.69, 9.17) is 0 Å². The fraction of sp³-hybridized carbons (Fsp3) is 0. The van der Waals surface area contributed by atoms with Gasteiger partial charge in [-0.3, -0.25) is 5.11 Å². The van der Waals surface area contributed by atoms with Gasteiger partial charge in [0.05, 0.1) is 0 Å². The summed E-state index contributed by atoms with van der Waals surface area (Å²) in [5.74, 6) is 0.0912. The van der Waals surface area contributed by atoms with E-state index in [1.54, 1.807) is 6.07 Å². The third-order valence-electron chi connectivity index (χ3n) is 4.71. The van der Waals surface area contributed by atoms with E-state index in [9.17, 15) is 5.11 Å². The lowest BCUT2D eigenvalue weighted by molar-refractivity contribution is 0.361. The Morgan fingerprint density at radius 2 is 0.826 bits per heavy atom. The topological polar surface area (TPSA) is 19.9 Å². The Balaban J connectivity index is 2.25. The zero-order valence-electron chi connectivity index (χ0n) is 12.4. The molecule has 0 bridgehead atoms. The normalized spacial score (nSPS) is 11.7. The quantitative estimate of drug-likeness (QED) is 0.293. The van der Waals surface area contributed by atoms with E-state index >= 15 is 0 Å². The second-order valence-corrected chi connectivity index (χ2v) is 5.93. The maximum absolute atomic E-state index is 12.6. The first-order chi connectivity index (χ1) is 11.3. The summed E-state index contributed by atoms with van der Waals surface area (Å²) in [7, 11) is 0. The van der Waals surface area contributed by atoms with Gasteiger partial charge in [0.1, 0.15) is 0 Å². The lowest BCUT2D eigenvalue weighted by Crippen LogP contribution is -1.85. The Morgan fingerprint density at radius 1 is 0.435 bits per heavy atom. The summed E-state index contributed by atoms with van der Waals surface area (Å²) in [6, 6.07) is 26.5. The molecule has 5 rings (SSSR count). The minimum Gasteiger partial charge on any atom is -0.289 e. The molecular weight excluding hydrogens is 280 g/mol. The average molecular weight is 293 g/mol. The number of rotatable bonds is 0. The number of benzene rings is 5. The van der Waals surface area contributed by atoms with Gasteiger partial charge in [-0.15, -0.1) is 0 Å². The summed E-state index contributed by atoms with van der Waals surface area (Å²) in [5, 5.41) is 21.4. The van der Waals surface area contributed by atoms with Gasteiger partial charge < -0.3 is 0 Å². The first-order valence-electron chi connectivity index (χ1n) is 7.76. The van der Waals surface area contributed by atoms with Crippen molar-refractivity contribution in [2.45, 2.75) is 0 Å². The Kier molecular flexibility index (Phi) is 2.42. The second-order valence-electron chi connectivity index (χ2n) is 5.93. The molecule has 0 aliphatic heterocycles. The lowest BCUT2D eigenvalue weighted by atomic mass is 9.91. The Morgan fingerprint density at radius 3 is 1.43 bits per heavy atom. The van der Waals surface area contributed by atoms with Crippen LogP contribution in [-0.4, -0.2) is 0 Å². The van der Waals surface area contributed by atoms with E-state index in [1.165, 1.54) is 21.5 Å². The first kappa shape index (κ1) is 12.5. The molecule has 107 valence electrons. The minimum atomic E-state index is 0.0912. The van der Waals surface area contributed by atoms with Gasteiger partial charge in [-0.25, -0.2) is 0 Å². The number of hydrogen-bond donors (Lipinski definition) is 0. The van der Waals surface area contributed by atoms with Gasteiger partial charge in [0.15, 0.2) is 5.75 Å². The summed E-state index contributed by atoms with van der Waals surface area (Å²) in [6.07, 6.45) is 0. The molecule has 5 aromatic carbocycles. The van der Waals surface area contributed by atoms with Gasteiger partial charge in [-0.2, -0.15) is 0 Å². The molecule has 0 atom stereocenters. The van der Waals surface area contributed by atoms with Crippen molar-refractivity contribution >= 4 is 43.1 Å². The predicted octanol–water partition coefficient (Wildman–Crippen LogP) is 6.44. The maximum Gasteiger partial charge on any atom is 0.187 e. The molecule has 0 aliphatic rings. The molecule has 0 N–H and O–H groups in total. The van der Waals surface area contributed by atoms with E-state index in [1.807, 2.05) is 24.3 Å². The van der Waals surface area contributed by atoms with Gasteiger partial charge >= 0.3 is 0 Å². The van der Waals surface area contributed by atoms with E-state index in [2.05, 4.69) is 48.5 Å². The van der Waals surface area contributed by atoms with Crippen LogP contribution in [0.15, 0.2) is 78.9 Å². The molecule has 23 heavy (non-hydrogen) atoms. The highest BCUT2D eigenvalue weighted by molar-refractivity contribution is 6.32. The molecule has 0 amide bonds. The van der Waals surface area contributed by atoms with Gasteiger partial charge in [0.2, 0.25) is 0 Å². The van der Waals surface area contributed by atoms with Crippen molar-refractivity contribution in [3.63, 3.8) is 0 Å². The van der Waals surface area contributed by atoms with E-state index in [-0.39, 0.29) is 5.75 Å². The molecule has 0 aliphatic carbocycles. The highest BCUT2D eigenvalue weighted by atomic mass is 16.3. The van der Waals surface area contributed by atoms with Crippen molar-refractivity contribution in [1.82, 2.24) is 0 Å². The SMILES string of the molecule is [O]c1cc2c3ccccc3c3ccccc3c2c2ccccc12. The van der Waals surface area contributed by atoms with Crippen LogP contribution in [0.2, 0.25) is 0 Å². The van der Waals surface area contributed by atoms with Gasteiger partial charge in [0, 0.05) is 5.39 Å². The molecule has 0 spiro atoms. The molecule has 0 heterocycles. The van der Waals surface area contributed by atoms with Gasteiger partial charge in [-0.1, -0.05) is 72.8 Å². The Bertz CT molecular complexity index is 1220. The standard InChI is InChI=1S/C22H13O/c23-21-13-20-16-9-2-1-7-14(16)15-8-3-5-11-18(15)22(20)19-12-6-4-10-17(19)21/h1-13H. The molecule has 1 radical (unpaired) electrons. The summed E-state index contributed by atoms with van der Waals surface area (Å²) >= 11 is 0.